The number of carbonyl (C=O) groups is 2. The molecule has 0 spiro atoms. The molecule has 3 rings (SSSR count). The summed E-state index contributed by atoms with van der Waals surface area (Å²) in [6.07, 6.45) is 1.04. The summed E-state index contributed by atoms with van der Waals surface area (Å²) in [5.74, 6) is 0.583. The molecule has 1 aliphatic heterocycles. The highest BCUT2D eigenvalue weighted by atomic mass is 32.2. The number of sulfonamides is 1. The molecule has 0 unspecified atom stereocenters. The molecule has 1 saturated heterocycles. The first-order chi connectivity index (χ1) is 17.2. The Labute approximate surface area is 212 Å². The fraction of sp³-hybridized carbons (Fsp3) is 0.440. The minimum absolute atomic E-state index is 0.143. The molecule has 0 saturated carbocycles. The van der Waals surface area contributed by atoms with E-state index in [1.807, 2.05) is 19.9 Å². The fourth-order valence-electron chi connectivity index (χ4n) is 3.71. The SMILES string of the molecule is CCOc1ccc(CNC(=O)CN(c2ccc(C(=O)N3CCOCC3)cc2)S(C)(=O)=O)cc1OCC. The first kappa shape index (κ1) is 27.3. The standard InChI is InChI=1S/C25H33N3O7S/c1-4-34-22-11-6-19(16-23(22)35-5-2)17-26-24(29)18-28(36(3,31)32)21-9-7-20(8-10-21)25(30)27-12-14-33-15-13-27/h6-11,16H,4-5,12-15,17-18H2,1-3H3,(H,26,29). The average molecular weight is 520 g/mol. The third-order valence-corrected chi connectivity index (χ3v) is 6.63. The molecule has 11 heteroatoms. The van der Waals surface area contributed by atoms with Crippen molar-refractivity contribution in [2.24, 2.45) is 0 Å². The van der Waals surface area contributed by atoms with Crippen molar-refractivity contribution in [3.05, 3.63) is 53.6 Å². The van der Waals surface area contributed by atoms with Crippen LogP contribution in [-0.4, -0.2) is 77.4 Å². The molecule has 36 heavy (non-hydrogen) atoms. The van der Waals surface area contributed by atoms with Crippen LogP contribution in [0.1, 0.15) is 29.8 Å². The molecular formula is C25H33N3O7S. The van der Waals surface area contributed by atoms with Gasteiger partial charge in [-0.25, -0.2) is 8.42 Å². The van der Waals surface area contributed by atoms with E-state index in [0.717, 1.165) is 16.1 Å². The van der Waals surface area contributed by atoms with Crippen LogP contribution in [0.4, 0.5) is 5.69 Å². The van der Waals surface area contributed by atoms with Crippen molar-refractivity contribution < 1.29 is 32.2 Å². The van der Waals surface area contributed by atoms with Gasteiger partial charge in [0.2, 0.25) is 15.9 Å². The van der Waals surface area contributed by atoms with Crippen molar-refractivity contribution in [2.75, 3.05) is 56.6 Å². The van der Waals surface area contributed by atoms with E-state index in [1.165, 1.54) is 12.1 Å². The van der Waals surface area contributed by atoms with Crippen molar-refractivity contribution >= 4 is 27.5 Å². The highest BCUT2D eigenvalue weighted by Crippen LogP contribution is 2.28. The summed E-state index contributed by atoms with van der Waals surface area (Å²) >= 11 is 0. The Hall–Kier alpha value is -3.31. The lowest BCUT2D eigenvalue weighted by atomic mass is 10.1. The second kappa shape index (κ2) is 12.6. The van der Waals surface area contributed by atoms with E-state index in [2.05, 4.69) is 5.32 Å². The van der Waals surface area contributed by atoms with Crippen LogP contribution in [0, 0.1) is 0 Å². The van der Waals surface area contributed by atoms with Gasteiger partial charge in [-0.3, -0.25) is 13.9 Å². The molecule has 0 aliphatic carbocycles. The molecule has 0 bridgehead atoms. The number of hydrogen-bond acceptors (Lipinski definition) is 7. The Morgan fingerprint density at radius 3 is 2.25 bits per heavy atom. The van der Waals surface area contributed by atoms with Gasteiger partial charge in [0.15, 0.2) is 11.5 Å². The monoisotopic (exact) mass is 519 g/mol. The van der Waals surface area contributed by atoms with E-state index in [9.17, 15) is 18.0 Å². The number of rotatable bonds is 11. The average Bonchev–Trinajstić information content (AvgIpc) is 2.87. The van der Waals surface area contributed by atoms with E-state index in [4.69, 9.17) is 14.2 Å². The van der Waals surface area contributed by atoms with E-state index in [-0.39, 0.29) is 12.5 Å². The molecule has 10 nitrogen and oxygen atoms in total. The zero-order valence-corrected chi connectivity index (χ0v) is 21.7. The zero-order chi connectivity index (χ0) is 26.1. The highest BCUT2D eigenvalue weighted by Gasteiger charge is 2.23. The van der Waals surface area contributed by atoms with Crippen LogP contribution in [0.5, 0.6) is 11.5 Å². The number of ether oxygens (including phenoxy) is 3. The lowest BCUT2D eigenvalue weighted by Gasteiger charge is -2.27. The number of carbonyl (C=O) groups excluding carboxylic acids is 2. The Morgan fingerprint density at radius 2 is 1.64 bits per heavy atom. The van der Waals surface area contributed by atoms with E-state index < -0.39 is 22.5 Å². The van der Waals surface area contributed by atoms with Crippen molar-refractivity contribution in [3.8, 4) is 11.5 Å². The van der Waals surface area contributed by atoms with Crippen LogP contribution >= 0.6 is 0 Å². The van der Waals surface area contributed by atoms with Gasteiger partial charge in [-0.05, 0) is 55.8 Å². The summed E-state index contributed by atoms with van der Waals surface area (Å²) in [6.45, 7) is 6.51. The molecule has 1 aliphatic rings. The molecular weight excluding hydrogens is 486 g/mol. The van der Waals surface area contributed by atoms with Gasteiger partial charge >= 0.3 is 0 Å². The quantitative estimate of drug-likeness (QED) is 0.483. The first-order valence-corrected chi connectivity index (χ1v) is 13.7. The first-order valence-electron chi connectivity index (χ1n) is 11.8. The molecule has 2 aromatic carbocycles. The summed E-state index contributed by atoms with van der Waals surface area (Å²) in [5.41, 5.74) is 1.53. The number of nitrogens with one attached hydrogen (secondary N) is 1. The Bertz CT molecular complexity index is 1150. The molecule has 1 fully saturated rings. The molecule has 1 heterocycles. The summed E-state index contributed by atoms with van der Waals surface area (Å²) in [5, 5.41) is 2.75. The number of hydrogen-bond donors (Lipinski definition) is 1. The summed E-state index contributed by atoms with van der Waals surface area (Å²) in [6, 6.07) is 11.6. The van der Waals surface area contributed by atoms with Crippen LogP contribution in [-0.2, 0) is 26.1 Å². The van der Waals surface area contributed by atoms with Gasteiger partial charge in [0.1, 0.15) is 6.54 Å². The third-order valence-electron chi connectivity index (χ3n) is 5.49. The van der Waals surface area contributed by atoms with Crippen LogP contribution in [0.2, 0.25) is 0 Å². The lowest BCUT2D eigenvalue weighted by Crippen LogP contribution is -2.41. The normalized spacial score (nSPS) is 13.7. The predicted molar refractivity (Wildman–Crippen MR) is 136 cm³/mol. The van der Waals surface area contributed by atoms with Crippen LogP contribution < -0.4 is 19.1 Å². The van der Waals surface area contributed by atoms with E-state index in [1.54, 1.807) is 29.2 Å². The van der Waals surface area contributed by atoms with Gasteiger partial charge in [0.25, 0.3) is 5.91 Å². The van der Waals surface area contributed by atoms with Crippen molar-refractivity contribution in [3.63, 3.8) is 0 Å². The maximum atomic E-state index is 12.7. The Balaban J connectivity index is 1.66. The van der Waals surface area contributed by atoms with Crippen LogP contribution in [0.3, 0.4) is 0 Å². The molecule has 2 aromatic rings. The molecule has 0 radical (unpaired) electrons. The summed E-state index contributed by atoms with van der Waals surface area (Å²) in [4.78, 5) is 27.0. The van der Waals surface area contributed by atoms with Gasteiger partial charge in [0, 0.05) is 25.2 Å². The van der Waals surface area contributed by atoms with Gasteiger partial charge in [-0.2, -0.15) is 0 Å². The summed E-state index contributed by atoms with van der Waals surface area (Å²) in [7, 11) is -3.75. The predicted octanol–water partition coefficient (Wildman–Crippen LogP) is 2.04. The van der Waals surface area contributed by atoms with E-state index >= 15 is 0 Å². The molecule has 196 valence electrons. The maximum absolute atomic E-state index is 12.7. The lowest BCUT2D eigenvalue weighted by molar-refractivity contribution is -0.119. The number of anilines is 1. The minimum Gasteiger partial charge on any atom is -0.490 e. The number of morpholine rings is 1. The fourth-order valence-corrected chi connectivity index (χ4v) is 4.57. The largest absolute Gasteiger partial charge is 0.490 e. The minimum atomic E-state index is -3.75. The maximum Gasteiger partial charge on any atom is 0.254 e. The third kappa shape index (κ3) is 7.34. The Morgan fingerprint density at radius 1 is 1.00 bits per heavy atom. The summed E-state index contributed by atoms with van der Waals surface area (Å²) < 4.78 is 42.3. The highest BCUT2D eigenvalue weighted by molar-refractivity contribution is 7.92. The van der Waals surface area contributed by atoms with Crippen molar-refractivity contribution in [1.29, 1.82) is 0 Å². The number of benzene rings is 2. The van der Waals surface area contributed by atoms with Gasteiger partial charge in [0.05, 0.1) is 38.4 Å². The van der Waals surface area contributed by atoms with Crippen molar-refractivity contribution in [2.45, 2.75) is 20.4 Å². The van der Waals surface area contributed by atoms with E-state index in [0.29, 0.717) is 62.3 Å². The molecule has 0 atom stereocenters. The number of nitrogens with zero attached hydrogens (tertiary/aromatic N) is 2. The van der Waals surface area contributed by atoms with Crippen LogP contribution in [0.25, 0.3) is 0 Å². The van der Waals surface area contributed by atoms with Gasteiger partial charge in [-0.1, -0.05) is 6.07 Å². The second-order valence-electron chi connectivity index (χ2n) is 8.14. The van der Waals surface area contributed by atoms with Gasteiger partial charge in [-0.15, -0.1) is 0 Å². The van der Waals surface area contributed by atoms with Crippen molar-refractivity contribution in [1.82, 2.24) is 10.2 Å². The molecule has 0 aromatic heterocycles. The topological polar surface area (TPSA) is 114 Å². The zero-order valence-electron chi connectivity index (χ0n) is 20.9. The number of amides is 2. The smallest absolute Gasteiger partial charge is 0.254 e. The van der Waals surface area contributed by atoms with Gasteiger partial charge < -0.3 is 24.4 Å². The Kier molecular flexibility index (Phi) is 9.54. The van der Waals surface area contributed by atoms with Crippen LogP contribution in [0.15, 0.2) is 42.5 Å². The second-order valence-corrected chi connectivity index (χ2v) is 10.1. The molecule has 1 N–H and O–H groups in total. The molecule has 2 amide bonds.